The Kier molecular flexibility index (Phi) is 4.12. The van der Waals surface area contributed by atoms with Crippen LogP contribution in [0.4, 0.5) is 0 Å². The Morgan fingerprint density at radius 1 is 0.938 bits per heavy atom. The number of amides is 1. The third kappa shape index (κ3) is 2.32. The molecule has 2 atom stereocenters. The van der Waals surface area contributed by atoms with Crippen LogP contribution >= 0.6 is 23.2 Å². The molecule has 1 aliphatic heterocycles. The quantitative estimate of drug-likeness (QED) is 0.452. The maximum atomic E-state index is 14.4. The molecule has 3 aliphatic rings. The lowest BCUT2D eigenvalue weighted by atomic mass is 9.63. The maximum Gasteiger partial charge on any atom is 0.235 e. The van der Waals surface area contributed by atoms with Gasteiger partial charge in [0.15, 0.2) is 0 Å². The number of hydrogen-bond donors (Lipinski definition) is 0. The van der Waals surface area contributed by atoms with E-state index in [0.29, 0.717) is 22.1 Å². The van der Waals surface area contributed by atoms with E-state index in [1.807, 2.05) is 4.90 Å². The van der Waals surface area contributed by atoms with E-state index in [9.17, 15) is 4.79 Å². The molecule has 2 heterocycles. The van der Waals surface area contributed by atoms with Crippen molar-refractivity contribution in [3.63, 3.8) is 0 Å². The molecule has 2 bridgehead atoms. The van der Waals surface area contributed by atoms with Crippen LogP contribution in [0.1, 0.15) is 56.1 Å². The van der Waals surface area contributed by atoms with Crippen LogP contribution < -0.4 is 0 Å². The van der Waals surface area contributed by atoms with Crippen molar-refractivity contribution < 1.29 is 4.79 Å². The fourth-order valence-corrected chi connectivity index (χ4v) is 6.83. The highest BCUT2D eigenvalue weighted by Crippen LogP contribution is 2.70. The van der Waals surface area contributed by atoms with Crippen molar-refractivity contribution in [2.75, 3.05) is 6.54 Å². The summed E-state index contributed by atoms with van der Waals surface area (Å²) in [6.07, 6.45) is 2.60. The summed E-state index contributed by atoms with van der Waals surface area (Å²) in [6.45, 7) is 8.09. The highest BCUT2D eigenvalue weighted by Gasteiger charge is 2.73. The summed E-state index contributed by atoms with van der Waals surface area (Å²) in [4.78, 5) is 26.5. The van der Waals surface area contributed by atoms with E-state index < -0.39 is 5.41 Å². The second-order valence-electron chi connectivity index (χ2n) is 10.3. The summed E-state index contributed by atoms with van der Waals surface area (Å²) in [7, 11) is 0. The lowest BCUT2D eigenvalue weighted by Crippen LogP contribution is -2.53. The first-order valence-electron chi connectivity index (χ1n) is 11.2. The van der Waals surface area contributed by atoms with E-state index >= 15 is 0 Å². The summed E-state index contributed by atoms with van der Waals surface area (Å²) >= 11 is 12.6. The summed E-state index contributed by atoms with van der Waals surface area (Å²) in [5, 5.41) is 0.925. The van der Waals surface area contributed by atoms with E-state index in [0.717, 1.165) is 42.7 Å². The van der Waals surface area contributed by atoms with Gasteiger partial charge in [-0.05, 0) is 47.9 Å². The van der Waals surface area contributed by atoms with Crippen LogP contribution in [0, 0.1) is 5.41 Å². The third-order valence-corrected chi connectivity index (χ3v) is 9.58. The fourth-order valence-electron chi connectivity index (χ4n) is 6.51. The van der Waals surface area contributed by atoms with Gasteiger partial charge in [0, 0.05) is 18.5 Å². The van der Waals surface area contributed by atoms with Crippen molar-refractivity contribution in [2.45, 2.75) is 57.4 Å². The molecule has 1 amide bonds. The van der Waals surface area contributed by atoms with Gasteiger partial charge < -0.3 is 4.90 Å². The zero-order chi connectivity index (χ0) is 22.5. The van der Waals surface area contributed by atoms with Gasteiger partial charge in [-0.2, -0.15) is 0 Å². The zero-order valence-electron chi connectivity index (χ0n) is 18.5. The summed E-state index contributed by atoms with van der Waals surface area (Å²) in [6, 6.07) is 12.0. The van der Waals surface area contributed by atoms with Crippen LogP contribution in [0.3, 0.4) is 0 Å². The normalized spacial score (nSPS) is 27.5. The number of carbonyl (C=O) groups excluding carboxylic acids is 1. The highest BCUT2D eigenvalue weighted by atomic mass is 35.5. The number of rotatable bonds is 1. The third-order valence-electron chi connectivity index (χ3n) is 8.86. The summed E-state index contributed by atoms with van der Waals surface area (Å²) in [5.74, 6) is 0.188. The first-order chi connectivity index (χ1) is 15.2. The van der Waals surface area contributed by atoms with Gasteiger partial charge in [-0.3, -0.25) is 4.79 Å². The van der Waals surface area contributed by atoms with Crippen molar-refractivity contribution in [2.24, 2.45) is 5.41 Å². The van der Waals surface area contributed by atoms with Gasteiger partial charge in [0.25, 0.3) is 0 Å². The Morgan fingerprint density at radius 2 is 1.56 bits per heavy atom. The minimum atomic E-state index is -0.684. The second kappa shape index (κ2) is 6.45. The number of nitrogens with zero attached hydrogens (tertiary/aromatic N) is 3. The molecule has 4 nitrogen and oxygen atoms in total. The van der Waals surface area contributed by atoms with Gasteiger partial charge in [0.1, 0.15) is 0 Å². The van der Waals surface area contributed by atoms with Crippen LogP contribution in [0.2, 0.25) is 10.0 Å². The van der Waals surface area contributed by atoms with E-state index in [2.05, 4.69) is 45.0 Å². The molecule has 1 aromatic heterocycles. The molecule has 1 saturated carbocycles. The molecule has 164 valence electrons. The molecular formula is C26H25Cl2N3O. The van der Waals surface area contributed by atoms with Crippen molar-refractivity contribution in [3.8, 4) is 0 Å². The molecule has 2 unspecified atom stereocenters. The van der Waals surface area contributed by atoms with Crippen LogP contribution in [0.5, 0.6) is 0 Å². The van der Waals surface area contributed by atoms with Gasteiger partial charge in [0.05, 0.1) is 37.9 Å². The Labute approximate surface area is 197 Å². The number of carbonyl (C=O) groups is 1. The molecular weight excluding hydrogens is 441 g/mol. The topological polar surface area (TPSA) is 46.1 Å². The molecule has 2 aromatic carbocycles. The number of hydrogen-bond acceptors (Lipinski definition) is 3. The first-order valence-corrected chi connectivity index (χ1v) is 12.0. The predicted octanol–water partition coefficient (Wildman–Crippen LogP) is 5.85. The maximum absolute atomic E-state index is 14.4. The van der Waals surface area contributed by atoms with Crippen molar-refractivity contribution in [1.82, 2.24) is 14.9 Å². The molecule has 1 fully saturated rings. The molecule has 6 rings (SSSR count). The number of fused-ring (bicyclic) bond motifs is 7. The molecule has 0 N–H and O–H groups in total. The van der Waals surface area contributed by atoms with Gasteiger partial charge in [0.2, 0.25) is 5.91 Å². The lowest BCUT2D eigenvalue weighted by Gasteiger charge is -2.43. The van der Waals surface area contributed by atoms with Crippen molar-refractivity contribution in [3.05, 3.63) is 69.0 Å². The Morgan fingerprint density at radius 3 is 2.25 bits per heavy atom. The Hall–Kier alpha value is -2.17. The SMILES string of the molecule is CC12CCC(C(=O)N3CCc4ccccc4C3)(c3nc4cc(Cl)c(Cl)cc4nc31)C2(C)C. The van der Waals surface area contributed by atoms with Crippen LogP contribution in [0.25, 0.3) is 11.0 Å². The van der Waals surface area contributed by atoms with Crippen LogP contribution in [-0.4, -0.2) is 27.3 Å². The molecule has 32 heavy (non-hydrogen) atoms. The van der Waals surface area contributed by atoms with E-state index in [1.165, 1.54) is 11.1 Å². The largest absolute Gasteiger partial charge is 0.337 e. The zero-order valence-corrected chi connectivity index (χ0v) is 20.0. The van der Waals surface area contributed by atoms with Gasteiger partial charge in [-0.1, -0.05) is 68.2 Å². The van der Waals surface area contributed by atoms with E-state index in [-0.39, 0.29) is 16.7 Å². The van der Waals surface area contributed by atoms with Gasteiger partial charge >= 0.3 is 0 Å². The van der Waals surface area contributed by atoms with Gasteiger partial charge in [-0.15, -0.1) is 0 Å². The van der Waals surface area contributed by atoms with E-state index in [4.69, 9.17) is 33.2 Å². The highest BCUT2D eigenvalue weighted by molar-refractivity contribution is 6.42. The molecule has 0 spiro atoms. The fraction of sp³-hybridized carbons (Fsp3) is 0.423. The molecule has 0 saturated heterocycles. The number of aromatic nitrogens is 2. The van der Waals surface area contributed by atoms with Crippen LogP contribution in [0.15, 0.2) is 36.4 Å². The molecule has 6 heteroatoms. The first kappa shape index (κ1) is 20.4. The minimum Gasteiger partial charge on any atom is -0.337 e. The van der Waals surface area contributed by atoms with Crippen LogP contribution in [-0.2, 0) is 28.6 Å². The number of halogens is 2. The summed E-state index contributed by atoms with van der Waals surface area (Å²) < 4.78 is 0. The van der Waals surface area contributed by atoms with Gasteiger partial charge in [-0.25, -0.2) is 9.97 Å². The predicted molar refractivity (Wildman–Crippen MR) is 127 cm³/mol. The summed E-state index contributed by atoms with van der Waals surface area (Å²) in [5.41, 5.74) is 4.59. The van der Waals surface area contributed by atoms with E-state index in [1.54, 1.807) is 12.1 Å². The van der Waals surface area contributed by atoms with Crippen molar-refractivity contribution in [1.29, 1.82) is 0 Å². The Bertz CT molecular complexity index is 1320. The molecule has 3 aromatic rings. The molecule has 2 aliphatic carbocycles. The minimum absolute atomic E-state index is 0.188. The monoisotopic (exact) mass is 465 g/mol. The standard InChI is InChI=1S/C26H25Cl2N3O/c1-24(2)25(3)9-10-26(24,23(32)31-11-8-15-6-4-5-7-16(15)14-31)22-21(25)29-19-12-17(27)18(28)13-20(19)30-22/h4-7,12-13H,8-11,14H2,1-3H3. The second-order valence-corrected chi connectivity index (χ2v) is 11.1. The Balaban J connectivity index is 1.53. The average molecular weight is 466 g/mol. The molecule has 0 radical (unpaired) electrons. The smallest absolute Gasteiger partial charge is 0.235 e. The lowest BCUT2D eigenvalue weighted by molar-refractivity contribution is -0.142. The average Bonchev–Trinajstić information content (AvgIpc) is 3.07. The number of benzene rings is 2. The van der Waals surface area contributed by atoms with Crippen molar-refractivity contribution >= 4 is 40.1 Å².